The largest absolute Gasteiger partial charge is 0.461 e. The fourth-order valence-electron chi connectivity index (χ4n) is 1.50. The first kappa shape index (κ1) is 11.2. The summed E-state index contributed by atoms with van der Waals surface area (Å²) < 4.78 is 10.3. The summed E-state index contributed by atoms with van der Waals surface area (Å²) >= 11 is 0. The lowest BCUT2D eigenvalue weighted by Gasteiger charge is -1.97. The molecule has 0 aliphatic rings. The highest BCUT2D eigenvalue weighted by Gasteiger charge is 2.12. The SMILES string of the molecule is O=C(NCc1cc(-c2ccco2)on1)c1cn[nH]n1. The van der Waals surface area contributed by atoms with Crippen LogP contribution < -0.4 is 5.32 Å². The van der Waals surface area contributed by atoms with Crippen LogP contribution in [0.2, 0.25) is 0 Å². The Morgan fingerprint density at radius 3 is 3.11 bits per heavy atom. The first-order chi connectivity index (χ1) is 9.33. The van der Waals surface area contributed by atoms with Crippen LogP contribution in [0, 0.1) is 0 Å². The summed E-state index contributed by atoms with van der Waals surface area (Å²) in [6.07, 6.45) is 2.89. The number of rotatable bonds is 4. The third-order valence-corrected chi connectivity index (χ3v) is 2.40. The van der Waals surface area contributed by atoms with Crippen LogP contribution >= 0.6 is 0 Å². The number of aromatic nitrogens is 4. The maximum Gasteiger partial charge on any atom is 0.273 e. The topological polar surface area (TPSA) is 110 Å². The van der Waals surface area contributed by atoms with E-state index < -0.39 is 0 Å². The van der Waals surface area contributed by atoms with Crippen LogP contribution in [0.4, 0.5) is 0 Å². The van der Waals surface area contributed by atoms with Crippen LogP contribution in [0.1, 0.15) is 16.2 Å². The Kier molecular flexibility index (Phi) is 2.81. The zero-order valence-corrected chi connectivity index (χ0v) is 9.66. The Bertz CT molecular complexity index is 656. The molecular formula is C11H9N5O3. The molecule has 0 saturated heterocycles. The summed E-state index contributed by atoms with van der Waals surface area (Å²) in [7, 11) is 0. The lowest BCUT2D eigenvalue weighted by Crippen LogP contribution is -2.23. The van der Waals surface area contributed by atoms with Crippen LogP contribution in [-0.4, -0.2) is 26.5 Å². The number of hydrogen-bond donors (Lipinski definition) is 2. The van der Waals surface area contributed by atoms with E-state index in [2.05, 4.69) is 25.9 Å². The van der Waals surface area contributed by atoms with Crippen molar-refractivity contribution in [2.45, 2.75) is 6.54 Å². The van der Waals surface area contributed by atoms with E-state index in [-0.39, 0.29) is 18.1 Å². The molecule has 0 aliphatic carbocycles. The summed E-state index contributed by atoms with van der Waals surface area (Å²) in [5.41, 5.74) is 0.804. The van der Waals surface area contributed by atoms with Crippen molar-refractivity contribution < 1.29 is 13.7 Å². The number of carbonyl (C=O) groups is 1. The van der Waals surface area contributed by atoms with E-state index in [1.807, 2.05) is 0 Å². The van der Waals surface area contributed by atoms with Gasteiger partial charge >= 0.3 is 0 Å². The summed E-state index contributed by atoms with van der Waals surface area (Å²) in [4.78, 5) is 11.6. The number of amides is 1. The van der Waals surface area contributed by atoms with E-state index >= 15 is 0 Å². The van der Waals surface area contributed by atoms with E-state index in [0.717, 1.165) is 0 Å². The minimum absolute atomic E-state index is 0.217. The molecule has 0 unspecified atom stereocenters. The monoisotopic (exact) mass is 259 g/mol. The lowest BCUT2D eigenvalue weighted by atomic mass is 10.3. The van der Waals surface area contributed by atoms with Gasteiger partial charge in [0.2, 0.25) is 5.76 Å². The number of nitrogens with zero attached hydrogens (tertiary/aromatic N) is 3. The molecule has 19 heavy (non-hydrogen) atoms. The molecule has 3 rings (SSSR count). The normalized spacial score (nSPS) is 10.5. The molecule has 0 saturated carbocycles. The molecule has 0 aromatic carbocycles. The third kappa shape index (κ3) is 2.37. The minimum atomic E-state index is -0.337. The number of H-pyrrole nitrogens is 1. The van der Waals surface area contributed by atoms with Crippen molar-refractivity contribution in [2.75, 3.05) is 0 Å². The van der Waals surface area contributed by atoms with Crippen LogP contribution in [0.25, 0.3) is 11.5 Å². The molecule has 0 radical (unpaired) electrons. The maximum absolute atomic E-state index is 11.6. The second-order valence-corrected chi connectivity index (χ2v) is 3.70. The van der Waals surface area contributed by atoms with Crippen molar-refractivity contribution in [3.63, 3.8) is 0 Å². The smallest absolute Gasteiger partial charge is 0.273 e. The molecule has 1 amide bonds. The third-order valence-electron chi connectivity index (χ3n) is 2.40. The number of carbonyl (C=O) groups excluding carboxylic acids is 1. The van der Waals surface area contributed by atoms with Crippen molar-refractivity contribution in [1.82, 2.24) is 25.9 Å². The van der Waals surface area contributed by atoms with Gasteiger partial charge in [-0.3, -0.25) is 4.79 Å². The molecule has 0 fully saturated rings. The molecule has 2 N–H and O–H groups in total. The molecule has 8 nitrogen and oxygen atoms in total. The second kappa shape index (κ2) is 4.77. The predicted molar refractivity (Wildman–Crippen MR) is 61.8 cm³/mol. The highest BCUT2D eigenvalue weighted by molar-refractivity contribution is 5.91. The van der Waals surface area contributed by atoms with Gasteiger partial charge in [-0.15, -0.1) is 0 Å². The van der Waals surface area contributed by atoms with E-state index in [1.165, 1.54) is 6.20 Å². The standard InChI is InChI=1S/C11H9N5O3/c17-11(8-6-13-16-14-8)12-5-7-4-10(19-15-7)9-2-1-3-18-9/h1-4,6H,5H2,(H,12,17)(H,13,14,16). The molecule has 0 bridgehead atoms. The predicted octanol–water partition coefficient (Wildman–Crippen LogP) is 0.983. The van der Waals surface area contributed by atoms with Gasteiger partial charge in [0.15, 0.2) is 11.5 Å². The lowest BCUT2D eigenvalue weighted by molar-refractivity contribution is 0.0945. The number of nitrogens with one attached hydrogen (secondary N) is 2. The average Bonchev–Trinajstić information content (AvgIpc) is 3.14. The Morgan fingerprint density at radius 2 is 2.37 bits per heavy atom. The van der Waals surface area contributed by atoms with E-state index in [0.29, 0.717) is 17.2 Å². The molecule has 3 aromatic rings. The summed E-state index contributed by atoms with van der Waals surface area (Å²) in [6, 6.07) is 5.21. The van der Waals surface area contributed by atoms with Gasteiger partial charge in [0, 0.05) is 6.07 Å². The number of hydrogen-bond acceptors (Lipinski definition) is 6. The van der Waals surface area contributed by atoms with Gasteiger partial charge in [-0.2, -0.15) is 15.4 Å². The van der Waals surface area contributed by atoms with Crippen LogP contribution in [-0.2, 0) is 6.54 Å². The highest BCUT2D eigenvalue weighted by atomic mass is 16.5. The fourth-order valence-corrected chi connectivity index (χ4v) is 1.50. The van der Waals surface area contributed by atoms with Crippen molar-refractivity contribution >= 4 is 5.91 Å². The minimum Gasteiger partial charge on any atom is -0.461 e. The van der Waals surface area contributed by atoms with Gasteiger partial charge in [0.25, 0.3) is 5.91 Å². The van der Waals surface area contributed by atoms with Gasteiger partial charge < -0.3 is 14.3 Å². The molecule has 0 aliphatic heterocycles. The Hall–Kier alpha value is -2.90. The summed E-state index contributed by atoms with van der Waals surface area (Å²) in [6.45, 7) is 0.232. The van der Waals surface area contributed by atoms with Crippen LogP contribution in [0.15, 0.2) is 39.6 Å². The Labute approximate surface area is 106 Å². The summed E-state index contributed by atoms with van der Waals surface area (Å²) in [5, 5.41) is 16.1. The molecule has 8 heteroatoms. The second-order valence-electron chi connectivity index (χ2n) is 3.70. The fraction of sp³-hybridized carbons (Fsp3) is 0.0909. The van der Waals surface area contributed by atoms with Gasteiger partial charge in [0.05, 0.1) is 19.0 Å². The maximum atomic E-state index is 11.6. The Balaban J connectivity index is 1.63. The van der Waals surface area contributed by atoms with Crippen molar-refractivity contribution in [3.8, 4) is 11.5 Å². The van der Waals surface area contributed by atoms with E-state index in [1.54, 1.807) is 24.5 Å². The molecule has 96 valence electrons. The van der Waals surface area contributed by atoms with Crippen LogP contribution in [0.5, 0.6) is 0 Å². The molecule has 0 atom stereocenters. The molecule has 3 aromatic heterocycles. The average molecular weight is 259 g/mol. The zero-order chi connectivity index (χ0) is 13.1. The molecular weight excluding hydrogens is 250 g/mol. The van der Waals surface area contributed by atoms with Crippen molar-refractivity contribution in [1.29, 1.82) is 0 Å². The van der Waals surface area contributed by atoms with Crippen LogP contribution in [0.3, 0.4) is 0 Å². The summed E-state index contributed by atoms with van der Waals surface area (Å²) in [5.74, 6) is 0.758. The molecule has 0 spiro atoms. The zero-order valence-electron chi connectivity index (χ0n) is 9.66. The van der Waals surface area contributed by atoms with Crippen molar-refractivity contribution in [3.05, 3.63) is 42.0 Å². The number of furan rings is 1. The van der Waals surface area contributed by atoms with Crippen molar-refractivity contribution in [2.24, 2.45) is 0 Å². The molecule has 3 heterocycles. The van der Waals surface area contributed by atoms with E-state index in [4.69, 9.17) is 8.94 Å². The van der Waals surface area contributed by atoms with Gasteiger partial charge in [-0.25, -0.2) is 0 Å². The van der Waals surface area contributed by atoms with Gasteiger partial charge in [-0.05, 0) is 12.1 Å². The van der Waals surface area contributed by atoms with Gasteiger partial charge in [-0.1, -0.05) is 5.16 Å². The van der Waals surface area contributed by atoms with E-state index in [9.17, 15) is 4.79 Å². The Morgan fingerprint density at radius 1 is 1.42 bits per heavy atom. The van der Waals surface area contributed by atoms with Gasteiger partial charge in [0.1, 0.15) is 5.69 Å². The quantitative estimate of drug-likeness (QED) is 0.722. The first-order valence-electron chi connectivity index (χ1n) is 5.46. The first-order valence-corrected chi connectivity index (χ1v) is 5.46. The number of aromatic amines is 1. The highest BCUT2D eigenvalue weighted by Crippen LogP contribution is 2.20.